The predicted molar refractivity (Wildman–Crippen MR) is 69.8 cm³/mol. The first-order valence-corrected chi connectivity index (χ1v) is 6.06. The molecule has 0 bridgehead atoms. The Morgan fingerprint density at radius 3 is 2.95 bits per heavy atom. The van der Waals surface area contributed by atoms with E-state index < -0.39 is 4.92 Å². The van der Waals surface area contributed by atoms with E-state index in [9.17, 15) is 10.1 Å². The fourth-order valence-electron chi connectivity index (χ4n) is 1.90. The van der Waals surface area contributed by atoms with Crippen molar-refractivity contribution in [2.24, 2.45) is 0 Å². The summed E-state index contributed by atoms with van der Waals surface area (Å²) < 4.78 is 1.65. The van der Waals surface area contributed by atoms with Crippen LogP contribution in [0.1, 0.15) is 24.6 Å². The third-order valence-corrected chi connectivity index (χ3v) is 2.73. The molecule has 0 amide bonds. The zero-order chi connectivity index (χ0) is 13.8. The Morgan fingerprint density at radius 1 is 1.58 bits per heavy atom. The number of nitrogens with zero attached hydrogens (tertiary/aromatic N) is 4. The van der Waals surface area contributed by atoms with E-state index >= 15 is 0 Å². The lowest BCUT2D eigenvalue weighted by Gasteiger charge is -2.07. The minimum absolute atomic E-state index is 0.0388. The van der Waals surface area contributed by atoms with E-state index in [4.69, 9.17) is 0 Å². The Labute approximate surface area is 110 Å². The van der Waals surface area contributed by atoms with Gasteiger partial charge in [-0.2, -0.15) is 10.2 Å². The van der Waals surface area contributed by atoms with Gasteiger partial charge in [0, 0.05) is 24.8 Å². The van der Waals surface area contributed by atoms with Gasteiger partial charge in [-0.05, 0) is 13.3 Å². The maximum absolute atomic E-state index is 11.1. The van der Waals surface area contributed by atoms with Gasteiger partial charge < -0.3 is 5.32 Å². The minimum atomic E-state index is -0.397. The smallest absolute Gasteiger partial charge is 0.333 e. The van der Waals surface area contributed by atoms with Crippen molar-refractivity contribution in [1.82, 2.24) is 20.0 Å². The third-order valence-electron chi connectivity index (χ3n) is 2.73. The second-order valence-corrected chi connectivity index (χ2v) is 4.22. The number of H-pyrrole nitrogens is 1. The first-order chi connectivity index (χ1) is 9.13. The summed E-state index contributed by atoms with van der Waals surface area (Å²) in [5.41, 5.74) is 1.39. The van der Waals surface area contributed by atoms with Crippen LogP contribution in [0.2, 0.25) is 0 Å². The first kappa shape index (κ1) is 13.1. The third kappa shape index (κ3) is 2.72. The van der Waals surface area contributed by atoms with Crippen molar-refractivity contribution in [3.05, 3.63) is 33.8 Å². The average Bonchev–Trinajstić information content (AvgIpc) is 2.95. The van der Waals surface area contributed by atoms with E-state index in [0.717, 1.165) is 12.0 Å². The van der Waals surface area contributed by atoms with Crippen LogP contribution in [-0.2, 0) is 13.1 Å². The molecule has 2 aromatic rings. The molecule has 0 aliphatic rings. The molecule has 2 rings (SSSR count). The van der Waals surface area contributed by atoms with E-state index in [1.54, 1.807) is 24.0 Å². The molecule has 2 aromatic heterocycles. The van der Waals surface area contributed by atoms with Gasteiger partial charge in [0.2, 0.25) is 5.82 Å². The van der Waals surface area contributed by atoms with Crippen molar-refractivity contribution in [3.8, 4) is 0 Å². The van der Waals surface area contributed by atoms with Crippen LogP contribution in [0.15, 0.2) is 12.4 Å². The van der Waals surface area contributed by atoms with Gasteiger partial charge >= 0.3 is 5.69 Å². The summed E-state index contributed by atoms with van der Waals surface area (Å²) >= 11 is 0. The maximum Gasteiger partial charge on any atom is 0.333 e. The van der Waals surface area contributed by atoms with Crippen LogP contribution in [0.4, 0.5) is 11.5 Å². The van der Waals surface area contributed by atoms with Crippen LogP contribution in [-0.4, -0.2) is 24.9 Å². The topological polar surface area (TPSA) is 102 Å². The van der Waals surface area contributed by atoms with Crippen molar-refractivity contribution in [1.29, 1.82) is 0 Å². The molecule has 0 saturated heterocycles. The Balaban J connectivity index is 2.27. The second-order valence-electron chi connectivity index (χ2n) is 4.22. The fourth-order valence-corrected chi connectivity index (χ4v) is 1.90. The highest BCUT2D eigenvalue weighted by Crippen LogP contribution is 2.28. The predicted octanol–water partition coefficient (Wildman–Crippen LogP) is 1.84. The molecule has 102 valence electrons. The molecule has 8 heteroatoms. The number of anilines is 1. The van der Waals surface area contributed by atoms with E-state index in [0.29, 0.717) is 24.6 Å². The van der Waals surface area contributed by atoms with Crippen LogP contribution < -0.4 is 5.32 Å². The Morgan fingerprint density at radius 2 is 2.37 bits per heavy atom. The molecule has 2 heterocycles. The molecule has 0 atom stereocenters. The van der Waals surface area contributed by atoms with Crippen molar-refractivity contribution in [2.45, 2.75) is 33.4 Å². The van der Waals surface area contributed by atoms with Crippen LogP contribution in [0.5, 0.6) is 0 Å². The van der Waals surface area contributed by atoms with Crippen molar-refractivity contribution >= 4 is 11.5 Å². The van der Waals surface area contributed by atoms with Crippen LogP contribution >= 0.6 is 0 Å². The SMILES string of the molecule is CCCn1nc(C)c([N+](=O)[O-])c1NCc1cn[nH]c1. The Hall–Kier alpha value is -2.38. The van der Waals surface area contributed by atoms with Crippen LogP contribution in [0, 0.1) is 17.0 Å². The standard InChI is InChI=1S/C11H16N6O2/c1-3-4-16-11(10(17(18)19)8(2)15-16)12-5-9-6-13-14-7-9/h6-7,12H,3-5H2,1-2H3,(H,13,14). The molecule has 2 N–H and O–H groups in total. The fraction of sp³-hybridized carbons (Fsp3) is 0.455. The normalized spacial score (nSPS) is 10.6. The zero-order valence-corrected chi connectivity index (χ0v) is 10.9. The van der Waals surface area contributed by atoms with E-state index in [1.165, 1.54) is 0 Å². The summed E-state index contributed by atoms with van der Waals surface area (Å²) in [6, 6.07) is 0. The number of hydrogen-bond acceptors (Lipinski definition) is 5. The number of aromatic nitrogens is 4. The lowest BCUT2D eigenvalue weighted by Crippen LogP contribution is -2.08. The summed E-state index contributed by atoms with van der Waals surface area (Å²) in [7, 11) is 0. The highest BCUT2D eigenvalue weighted by molar-refractivity contribution is 5.59. The number of nitrogens with one attached hydrogen (secondary N) is 2. The zero-order valence-electron chi connectivity index (χ0n) is 10.9. The first-order valence-electron chi connectivity index (χ1n) is 6.06. The highest BCUT2D eigenvalue weighted by atomic mass is 16.6. The summed E-state index contributed by atoms with van der Waals surface area (Å²) in [6.07, 6.45) is 4.27. The second kappa shape index (κ2) is 5.51. The summed E-state index contributed by atoms with van der Waals surface area (Å²) in [4.78, 5) is 10.7. The van der Waals surface area contributed by atoms with Gasteiger partial charge in [-0.3, -0.25) is 15.2 Å². The van der Waals surface area contributed by atoms with Crippen LogP contribution in [0.25, 0.3) is 0 Å². The average molecular weight is 264 g/mol. The van der Waals surface area contributed by atoms with Crippen LogP contribution in [0.3, 0.4) is 0 Å². The highest BCUT2D eigenvalue weighted by Gasteiger charge is 2.24. The number of aromatic amines is 1. The number of nitro groups is 1. The van der Waals surface area contributed by atoms with E-state index in [1.807, 2.05) is 6.92 Å². The van der Waals surface area contributed by atoms with Gasteiger partial charge in [0.1, 0.15) is 5.69 Å². The van der Waals surface area contributed by atoms with Crippen molar-refractivity contribution in [3.63, 3.8) is 0 Å². The monoisotopic (exact) mass is 264 g/mol. The summed E-state index contributed by atoms with van der Waals surface area (Å²) in [5, 5.41) is 24.9. The van der Waals surface area contributed by atoms with Gasteiger partial charge in [0.15, 0.2) is 0 Å². The number of aryl methyl sites for hydroxylation is 2. The van der Waals surface area contributed by atoms with Crippen molar-refractivity contribution < 1.29 is 4.92 Å². The molecule has 19 heavy (non-hydrogen) atoms. The molecule has 0 aliphatic carbocycles. The molecule has 0 aromatic carbocycles. The van der Waals surface area contributed by atoms with E-state index in [-0.39, 0.29) is 5.69 Å². The molecule has 0 spiro atoms. The molecular weight excluding hydrogens is 248 g/mol. The Kier molecular flexibility index (Phi) is 3.79. The van der Waals surface area contributed by atoms with Gasteiger partial charge in [0.05, 0.1) is 11.1 Å². The number of rotatable bonds is 6. The molecule has 8 nitrogen and oxygen atoms in total. The summed E-state index contributed by atoms with van der Waals surface area (Å²) in [5.74, 6) is 0.450. The van der Waals surface area contributed by atoms with Gasteiger partial charge in [-0.15, -0.1) is 0 Å². The Bertz CT molecular complexity index is 560. The quantitative estimate of drug-likeness (QED) is 0.612. The largest absolute Gasteiger partial charge is 0.360 e. The lowest BCUT2D eigenvalue weighted by molar-refractivity contribution is -0.384. The molecule has 0 aliphatic heterocycles. The van der Waals surface area contributed by atoms with Gasteiger partial charge in [0.25, 0.3) is 0 Å². The van der Waals surface area contributed by atoms with Gasteiger partial charge in [-0.25, -0.2) is 4.68 Å². The lowest BCUT2D eigenvalue weighted by atomic mass is 10.3. The molecule has 0 fully saturated rings. The molecule has 0 radical (unpaired) electrons. The van der Waals surface area contributed by atoms with E-state index in [2.05, 4.69) is 20.6 Å². The van der Waals surface area contributed by atoms with Gasteiger partial charge in [-0.1, -0.05) is 6.92 Å². The minimum Gasteiger partial charge on any atom is -0.360 e. The molecule has 0 saturated carbocycles. The maximum atomic E-state index is 11.1. The summed E-state index contributed by atoms with van der Waals surface area (Å²) in [6.45, 7) is 4.75. The molecule has 0 unspecified atom stereocenters. The number of hydrogen-bond donors (Lipinski definition) is 2. The van der Waals surface area contributed by atoms with Crippen molar-refractivity contribution in [2.75, 3.05) is 5.32 Å². The molecular formula is C11H16N6O2.